The molecule has 6 heteroatoms. The van der Waals surface area contributed by atoms with Crippen molar-refractivity contribution < 1.29 is 4.79 Å². The predicted octanol–water partition coefficient (Wildman–Crippen LogP) is 2.28. The van der Waals surface area contributed by atoms with Crippen LogP contribution in [0.4, 0.5) is 11.6 Å². The SMILES string of the molecule is Cc1ccc(CC(=O)N2CCN(c3cc(N4CCCC4)ncn3)CC2)cc1. The lowest BCUT2D eigenvalue weighted by atomic mass is 10.1. The largest absolute Gasteiger partial charge is 0.356 e. The van der Waals surface area contributed by atoms with E-state index < -0.39 is 0 Å². The quantitative estimate of drug-likeness (QED) is 0.832. The zero-order valence-corrected chi connectivity index (χ0v) is 16.0. The topological polar surface area (TPSA) is 52.6 Å². The minimum absolute atomic E-state index is 0.207. The van der Waals surface area contributed by atoms with Crippen molar-refractivity contribution in [1.29, 1.82) is 0 Å². The third-order valence-corrected chi connectivity index (χ3v) is 5.50. The number of piperazine rings is 1. The Morgan fingerprint density at radius 3 is 2.11 bits per heavy atom. The van der Waals surface area contributed by atoms with Crippen LogP contribution >= 0.6 is 0 Å². The number of hydrogen-bond acceptors (Lipinski definition) is 5. The number of aromatic nitrogens is 2. The van der Waals surface area contributed by atoms with Crippen LogP contribution in [0.3, 0.4) is 0 Å². The zero-order chi connectivity index (χ0) is 18.6. The molecular weight excluding hydrogens is 338 g/mol. The van der Waals surface area contributed by atoms with Gasteiger partial charge in [0.25, 0.3) is 0 Å². The lowest BCUT2D eigenvalue weighted by Crippen LogP contribution is -2.49. The fourth-order valence-electron chi connectivity index (χ4n) is 3.81. The maximum atomic E-state index is 12.6. The number of amides is 1. The van der Waals surface area contributed by atoms with Gasteiger partial charge >= 0.3 is 0 Å². The maximum absolute atomic E-state index is 12.6. The average molecular weight is 365 g/mol. The molecule has 6 nitrogen and oxygen atoms in total. The van der Waals surface area contributed by atoms with Gasteiger partial charge in [-0.3, -0.25) is 4.79 Å². The summed E-state index contributed by atoms with van der Waals surface area (Å²) in [5.41, 5.74) is 2.30. The van der Waals surface area contributed by atoms with Crippen LogP contribution in [0.25, 0.3) is 0 Å². The molecule has 0 spiro atoms. The Kier molecular flexibility index (Phi) is 5.23. The number of rotatable bonds is 4. The molecule has 1 amide bonds. The summed E-state index contributed by atoms with van der Waals surface area (Å²) in [6.45, 7) is 7.34. The molecule has 1 aromatic carbocycles. The number of nitrogens with zero attached hydrogens (tertiary/aromatic N) is 5. The minimum Gasteiger partial charge on any atom is -0.356 e. The molecule has 4 rings (SSSR count). The molecule has 3 heterocycles. The van der Waals surface area contributed by atoms with E-state index in [1.165, 1.54) is 18.4 Å². The first-order chi connectivity index (χ1) is 13.2. The molecule has 0 unspecified atom stereocenters. The molecular formula is C21H27N5O. The van der Waals surface area contributed by atoms with Gasteiger partial charge in [-0.1, -0.05) is 29.8 Å². The van der Waals surface area contributed by atoms with Gasteiger partial charge in [-0.2, -0.15) is 0 Å². The highest BCUT2D eigenvalue weighted by Crippen LogP contribution is 2.22. The van der Waals surface area contributed by atoms with Gasteiger partial charge in [0.15, 0.2) is 0 Å². The van der Waals surface area contributed by atoms with Crippen molar-refractivity contribution in [3.8, 4) is 0 Å². The van der Waals surface area contributed by atoms with E-state index in [0.717, 1.165) is 56.5 Å². The van der Waals surface area contributed by atoms with Crippen molar-refractivity contribution in [3.05, 3.63) is 47.8 Å². The molecule has 0 aliphatic carbocycles. The average Bonchev–Trinajstić information content (AvgIpc) is 3.25. The van der Waals surface area contributed by atoms with Crippen molar-refractivity contribution in [1.82, 2.24) is 14.9 Å². The fourth-order valence-corrected chi connectivity index (χ4v) is 3.81. The number of carbonyl (C=O) groups excluding carboxylic acids is 1. The summed E-state index contributed by atoms with van der Waals surface area (Å²) in [4.78, 5) is 28.1. The molecule has 0 bridgehead atoms. The van der Waals surface area contributed by atoms with Gasteiger partial charge in [-0.25, -0.2) is 9.97 Å². The van der Waals surface area contributed by atoms with E-state index in [4.69, 9.17) is 0 Å². The van der Waals surface area contributed by atoms with E-state index in [1.54, 1.807) is 6.33 Å². The molecule has 0 saturated carbocycles. The summed E-state index contributed by atoms with van der Waals surface area (Å²) in [6, 6.07) is 10.3. The van der Waals surface area contributed by atoms with Gasteiger partial charge in [0.1, 0.15) is 18.0 Å². The Morgan fingerprint density at radius 2 is 1.48 bits per heavy atom. The smallest absolute Gasteiger partial charge is 0.227 e. The number of aryl methyl sites for hydroxylation is 1. The van der Waals surface area contributed by atoms with Crippen LogP contribution in [0.1, 0.15) is 24.0 Å². The van der Waals surface area contributed by atoms with Crippen LogP contribution in [0.5, 0.6) is 0 Å². The van der Waals surface area contributed by atoms with Crippen LogP contribution in [0.15, 0.2) is 36.7 Å². The molecule has 2 aromatic rings. The molecule has 142 valence electrons. The normalized spacial score (nSPS) is 17.4. The lowest BCUT2D eigenvalue weighted by molar-refractivity contribution is -0.130. The van der Waals surface area contributed by atoms with Gasteiger partial charge in [0, 0.05) is 45.3 Å². The van der Waals surface area contributed by atoms with Crippen molar-refractivity contribution in [3.63, 3.8) is 0 Å². The summed E-state index contributed by atoms with van der Waals surface area (Å²) in [7, 11) is 0. The van der Waals surface area contributed by atoms with Crippen LogP contribution in [0.2, 0.25) is 0 Å². The zero-order valence-electron chi connectivity index (χ0n) is 16.0. The lowest BCUT2D eigenvalue weighted by Gasteiger charge is -2.35. The number of anilines is 2. The summed E-state index contributed by atoms with van der Waals surface area (Å²) < 4.78 is 0. The Labute approximate surface area is 160 Å². The number of hydrogen-bond donors (Lipinski definition) is 0. The first kappa shape index (κ1) is 17.8. The highest BCUT2D eigenvalue weighted by molar-refractivity contribution is 5.79. The second-order valence-corrected chi connectivity index (χ2v) is 7.46. The van der Waals surface area contributed by atoms with E-state index in [-0.39, 0.29) is 5.91 Å². The molecule has 0 radical (unpaired) electrons. The molecule has 2 aliphatic rings. The van der Waals surface area contributed by atoms with Crippen LogP contribution in [-0.4, -0.2) is 60.0 Å². The monoisotopic (exact) mass is 365 g/mol. The van der Waals surface area contributed by atoms with Crippen molar-refractivity contribution in [2.75, 3.05) is 49.1 Å². The summed E-state index contributed by atoms with van der Waals surface area (Å²) in [5, 5.41) is 0. The molecule has 27 heavy (non-hydrogen) atoms. The van der Waals surface area contributed by atoms with Crippen LogP contribution in [0, 0.1) is 6.92 Å². The Bertz CT molecular complexity index is 777. The third-order valence-electron chi connectivity index (χ3n) is 5.50. The van der Waals surface area contributed by atoms with Gasteiger partial charge in [-0.05, 0) is 25.3 Å². The molecule has 1 aromatic heterocycles. The van der Waals surface area contributed by atoms with E-state index in [9.17, 15) is 4.79 Å². The summed E-state index contributed by atoms with van der Waals surface area (Å²) in [6.07, 6.45) is 4.62. The van der Waals surface area contributed by atoms with E-state index in [2.05, 4.69) is 44.9 Å². The first-order valence-electron chi connectivity index (χ1n) is 9.84. The highest BCUT2D eigenvalue weighted by atomic mass is 16.2. The van der Waals surface area contributed by atoms with Crippen molar-refractivity contribution in [2.45, 2.75) is 26.2 Å². The number of benzene rings is 1. The molecule has 2 fully saturated rings. The first-order valence-corrected chi connectivity index (χ1v) is 9.84. The van der Waals surface area contributed by atoms with Crippen molar-refractivity contribution >= 4 is 17.5 Å². The summed E-state index contributed by atoms with van der Waals surface area (Å²) in [5.74, 6) is 2.20. The molecule has 2 aliphatic heterocycles. The molecule has 0 atom stereocenters. The van der Waals surface area contributed by atoms with Crippen LogP contribution < -0.4 is 9.80 Å². The maximum Gasteiger partial charge on any atom is 0.227 e. The molecule has 0 N–H and O–H groups in total. The van der Waals surface area contributed by atoms with E-state index in [1.807, 2.05) is 17.0 Å². The minimum atomic E-state index is 0.207. The van der Waals surface area contributed by atoms with Crippen LogP contribution in [-0.2, 0) is 11.2 Å². The Morgan fingerprint density at radius 1 is 0.889 bits per heavy atom. The van der Waals surface area contributed by atoms with E-state index >= 15 is 0 Å². The summed E-state index contributed by atoms with van der Waals surface area (Å²) >= 11 is 0. The standard InChI is InChI=1S/C21H27N5O/c1-17-4-6-18(7-5-17)14-21(27)26-12-10-25(11-13-26)20-15-19(22-16-23-20)24-8-2-3-9-24/h4-7,15-16H,2-3,8-14H2,1H3. The Balaban J connectivity index is 1.34. The second-order valence-electron chi connectivity index (χ2n) is 7.46. The van der Waals surface area contributed by atoms with E-state index in [0.29, 0.717) is 6.42 Å². The number of carbonyl (C=O) groups is 1. The van der Waals surface area contributed by atoms with Gasteiger partial charge in [0.05, 0.1) is 6.42 Å². The molecule has 2 saturated heterocycles. The second kappa shape index (κ2) is 7.94. The van der Waals surface area contributed by atoms with Gasteiger partial charge in [0.2, 0.25) is 5.91 Å². The highest BCUT2D eigenvalue weighted by Gasteiger charge is 2.23. The van der Waals surface area contributed by atoms with Crippen molar-refractivity contribution in [2.24, 2.45) is 0 Å². The Hall–Kier alpha value is -2.63. The van der Waals surface area contributed by atoms with Gasteiger partial charge in [-0.15, -0.1) is 0 Å². The third kappa shape index (κ3) is 4.21. The predicted molar refractivity (Wildman–Crippen MR) is 107 cm³/mol. The van der Waals surface area contributed by atoms with Gasteiger partial charge < -0.3 is 14.7 Å². The fraction of sp³-hybridized carbons (Fsp3) is 0.476.